The van der Waals surface area contributed by atoms with Crippen molar-refractivity contribution in [3.8, 4) is 5.75 Å². The molecular formula is C19H16Cl2N2O2S. The highest BCUT2D eigenvalue weighted by molar-refractivity contribution is 8.18. The predicted molar refractivity (Wildman–Crippen MR) is 110 cm³/mol. The van der Waals surface area contributed by atoms with Crippen LogP contribution in [0.3, 0.4) is 0 Å². The fourth-order valence-corrected chi connectivity index (χ4v) is 3.76. The van der Waals surface area contributed by atoms with Crippen molar-refractivity contribution in [2.75, 3.05) is 13.7 Å². The van der Waals surface area contributed by atoms with Crippen molar-refractivity contribution in [1.82, 2.24) is 4.90 Å². The molecule has 0 bridgehead atoms. The summed E-state index contributed by atoms with van der Waals surface area (Å²) >= 11 is 13.3. The number of aliphatic imine (C=N–C) groups is 1. The predicted octanol–water partition coefficient (Wildman–Crippen LogP) is 5.63. The van der Waals surface area contributed by atoms with E-state index < -0.39 is 0 Å². The van der Waals surface area contributed by atoms with Gasteiger partial charge >= 0.3 is 0 Å². The summed E-state index contributed by atoms with van der Waals surface area (Å²) in [5.41, 5.74) is 1.58. The molecule has 2 aromatic carbocycles. The van der Waals surface area contributed by atoms with Gasteiger partial charge < -0.3 is 4.74 Å². The van der Waals surface area contributed by atoms with Crippen LogP contribution < -0.4 is 4.74 Å². The Morgan fingerprint density at radius 1 is 1.15 bits per heavy atom. The van der Waals surface area contributed by atoms with Gasteiger partial charge in [-0.25, -0.2) is 4.99 Å². The number of carbonyl (C=O) groups excluding carboxylic acids is 1. The molecule has 2 aromatic rings. The third-order valence-corrected chi connectivity index (χ3v) is 5.49. The van der Waals surface area contributed by atoms with E-state index in [4.69, 9.17) is 27.9 Å². The van der Waals surface area contributed by atoms with Crippen molar-refractivity contribution in [3.63, 3.8) is 0 Å². The van der Waals surface area contributed by atoms with E-state index in [1.54, 1.807) is 30.2 Å². The van der Waals surface area contributed by atoms with E-state index in [1.807, 2.05) is 37.3 Å². The molecule has 1 aliphatic heterocycles. The smallest absolute Gasteiger partial charge is 0.266 e. The zero-order valence-electron chi connectivity index (χ0n) is 14.2. The van der Waals surface area contributed by atoms with Crippen molar-refractivity contribution in [2.24, 2.45) is 4.99 Å². The number of hydrogen-bond donors (Lipinski definition) is 0. The number of hydrogen-bond acceptors (Lipinski definition) is 4. The van der Waals surface area contributed by atoms with Crippen LogP contribution in [0.25, 0.3) is 6.08 Å². The van der Waals surface area contributed by atoms with E-state index in [0.29, 0.717) is 26.7 Å². The molecule has 1 fully saturated rings. The summed E-state index contributed by atoms with van der Waals surface area (Å²) in [6, 6.07) is 12.7. The van der Waals surface area contributed by atoms with Gasteiger partial charge in [0.05, 0.1) is 27.7 Å². The average Bonchev–Trinajstić information content (AvgIpc) is 2.93. The van der Waals surface area contributed by atoms with Gasteiger partial charge in [0.2, 0.25) is 0 Å². The molecule has 4 nitrogen and oxygen atoms in total. The van der Waals surface area contributed by atoms with Crippen molar-refractivity contribution in [2.45, 2.75) is 6.92 Å². The molecule has 1 aliphatic rings. The van der Waals surface area contributed by atoms with Crippen LogP contribution in [0.1, 0.15) is 12.5 Å². The maximum atomic E-state index is 12.7. The van der Waals surface area contributed by atoms with Crippen LogP contribution in [0.5, 0.6) is 5.75 Å². The molecule has 1 heterocycles. The monoisotopic (exact) mass is 406 g/mol. The maximum absolute atomic E-state index is 12.7. The Morgan fingerprint density at radius 2 is 1.88 bits per heavy atom. The first-order valence-electron chi connectivity index (χ1n) is 7.91. The minimum Gasteiger partial charge on any atom is -0.497 e. The summed E-state index contributed by atoms with van der Waals surface area (Å²) in [7, 11) is 1.62. The number of amides is 1. The number of methoxy groups -OCH3 is 1. The average molecular weight is 407 g/mol. The fourth-order valence-electron chi connectivity index (χ4n) is 2.39. The largest absolute Gasteiger partial charge is 0.497 e. The molecule has 0 radical (unpaired) electrons. The Balaban J connectivity index is 1.90. The molecule has 0 N–H and O–H groups in total. The molecular weight excluding hydrogens is 391 g/mol. The van der Waals surface area contributed by atoms with Gasteiger partial charge in [0.1, 0.15) is 5.75 Å². The zero-order valence-corrected chi connectivity index (χ0v) is 16.5. The lowest BCUT2D eigenvalue weighted by molar-refractivity contribution is -0.122. The van der Waals surface area contributed by atoms with Gasteiger partial charge in [-0.15, -0.1) is 0 Å². The molecule has 134 valence electrons. The van der Waals surface area contributed by atoms with E-state index in [9.17, 15) is 4.79 Å². The molecule has 0 unspecified atom stereocenters. The van der Waals surface area contributed by atoms with E-state index in [-0.39, 0.29) is 5.91 Å². The summed E-state index contributed by atoms with van der Waals surface area (Å²) in [6.45, 7) is 2.46. The summed E-state index contributed by atoms with van der Waals surface area (Å²) in [5.74, 6) is 0.687. The fraction of sp³-hybridized carbons (Fsp3) is 0.158. The molecule has 0 saturated carbocycles. The summed E-state index contributed by atoms with van der Waals surface area (Å²) in [4.78, 5) is 19.5. The molecule has 1 saturated heterocycles. The number of likely N-dealkylation sites (N-methyl/N-ethyl adjacent to an activating group) is 1. The third kappa shape index (κ3) is 4.06. The first-order chi connectivity index (χ1) is 12.5. The SMILES string of the molecule is CCN1C(=O)/C(=C\c2ccc(Cl)c(Cl)c2)SC1=Nc1ccc(OC)cc1. The number of nitrogens with zero attached hydrogens (tertiary/aromatic N) is 2. The maximum Gasteiger partial charge on any atom is 0.266 e. The van der Waals surface area contributed by atoms with Crippen LogP contribution >= 0.6 is 35.0 Å². The van der Waals surface area contributed by atoms with Crippen molar-refractivity contribution >= 4 is 57.8 Å². The quantitative estimate of drug-likeness (QED) is 0.618. The highest BCUT2D eigenvalue weighted by Crippen LogP contribution is 2.35. The van der Waals surface area contributed by atoms with Gasteiger partial charge in [-0.3, -0.25) is 9.69 Å². The van der Waals surface area contributed by atoms with Crippen molar-refractivity contribution in [1.29, 1.82) is 0 Å². The highest BCUT2D eigenvalue weighted by Gasteiger charge is 2.32. The van der Waals surface area contributed by atoms with Gasteiger partial charge in [-0.1, -0.05) is 29.3 Å². The molecule has 0 spiro atoms. The van der Waals surface area contributed by atoms with E-state index in [0.717, 1.165) is 17.0 Å². The molecule has 7 heteroatoms. The minimum absolute atomic E-state index is 0.0733. The zero-order chi connectivity index (χ0) is 18.7. The second kappa shape index (κ2) is 8.16. The molecule has 0 aliphatic carbocycles. The summed E-state index contributed by atoms with van der Waals surface area (Å²) in [5, 5.41) is 1.58. The first-order valence-corrected chi connectivity index (χ1v) is 9.48. The van der Waals surface area contributed by atoms with Gasteiger partial charge in [0.25, 0.3) is 5.91 Å². The van der Waals surface area contributed by atoms with Crippen LogP contribution in [0, 0.1) is 0 Å². The number of halogens is 2. The number of amidine groups is 1. The molecule has 0 atom stereocenters. The first kappa shape index (κ1) is 18.8. The third-order valence-electron chi connectivity index (χ3n) is 3.74. The molecule has 3 rings (SSSR count). The topological polar surface area (TPSA) is 41.9 Å². The Bertz CT molecular complexity index is 895. The van der Waals surface area contributed by atoms with Gasteiger partial charge in [0.15, 0.2) is 5.17 Å². The van der Waals surface area contributed by atoms with Crippen molar-refractivity contribution in [3.05, 3.63) is 63.0 Å². The van der Waals surface area contributed by atoms with E-state index in [2.05, 4.69) is 4.99 Å². The van der Waals surface area contributed by atoms with Crippen LogP contribution in [-0.4, -0.2) is 29.6 Å². The van der Waals surface area contributed by atoms with E-state index >= 15 is 0 Å². The molecule has 0 aromatic heterocycles. The second-order valence-electron chi connectivity index (χ2n) is 5.43. The Morgan fingerprint density at radius 3 is 2.50 bits per heavy atom. The number of benzene rings is 2. The second-order valence-corrected chi connectivity index (χ2v) is 7.25. The Hall–Kier alpha value is -1.95. The number of carbonyl (C=O) groups is 1. The Kier molecular flexibility index (Phi) is 5.91. The number of thioether (sulfide) groups is 1. The molecule has 1 amide bonds. The normalized spacial score (nSPS) is 17.4. The summed E-state index contributed by atoms with van der Waals surface area (Å²) < 4.78 is 5.15. The summed E-state index contributed by atoms with van der Waals surface area (Å²) in [6.07, 6.45) is 1.80. The number of ether oxygens (including phenoxy) is 1. The lowest BCUT2D eigenvalue weighted by atomic mass is 10.2. The highest BCUT2D eigenvalue weighted by atomic mass is 35.5. The minimum atomic E-state index is -0.0733. The van der Waals surface area contributed by atoms with Crippen molar-refractivity contribution < 1.29 is 9.53 Å². The Labute approximate surface area is 166 Å². The van der Waals surface area contributed by atoms with Gasteiger partial charge in [-0.2, -0.15) is 0 Å². The lowest BCUT2D eigenvalue weighted by Crippen LogP contribution is -2.28. The van der Waals surface area contributed by atoms with Crippen LogP contribution in [0.2, 0.25) is 10.0 Å². The lowest BCUT2D eigenvalue weighted by Gasteiger charge is -2.12. The van der Waals surface area contributed by atoms with Gasteiger partial charge in [-0.05, 0) is 66.7 Å². The van der Waals surface area contributed by atoms with Crippen LogP contribution in [-0.2, 0) is 4.79 Å². The van der Waals surface area contributed by atoms with Crippen LogP contribution in [0.15, 0.2) is 52.4 Å². The molecule has 26 heavy (non-hydrogen) atoms. The van der Waals surface area contributed by atoms with E-state index in [1.165, 1.54) is 11.8 Å². The standard InChI is InChI=1S/C19H16Cl2N2O2S/c1-3-23-18(24)17(11-12-4-9-15(20)16(21)10-12)26-19(23)22-13-5-7-14(25-2)8-6-13/h4-11H,3H2,1-2H3/b17-11+,22-19?. The van der Waals surface area contributed by atoms with Crippen LogP contribution in [0.4, 0.5) is 5.69 Å². The number of rotatable bonds is 4. The van der Waals surface area contributed by atoms with Gasteiger partial charge in [0, 0.05) is 6.54 Å².